The van der Waals surface area contributed by atoms with Crippen LogP contribution in [-0.4, -0.2) is 17.8 Å². The van der Waals surface area contributed by atoms with Gasteiger partial charge in [0.25, 0.3) is 0 Å². The molecule has 0 saturated carbocycles. The SMILES string of the molecule is CC(=O)NC(CCl)CCc1ccccc1. The number of amides is 1. The second-order valence-corrected chi connectivity index (χ2v) is 3.88. The Morgan fingerprint density at radius 3 is 2.60 bits per heavy atom. The largest absolute Gasteiger partial charge is 0.352 e. The molecule has 1 atom stereocenters. The van der Waals surface area contributed by atoms with E-state index in [1.54, 1.807) is 0 Å². The molecule has 2 nitrogen and oxygen atoms in total. The fourth-order valence-electron chi connectivity index (χ4n) is 1.46. The lowest BCUT2D eigenvalue weighted by molar-refractivity contribution is -0.119. The molecule has 0 heterocycles. The fourth-order valence-corrected chi connectivity index (χ4v) is 1.69. The van der Waals surface area contributed by atoms with Crippen molar-refractivity contribution in [1.82, 2.24) is 5.32 Å². The molecule has 0 aliphatic heterocycles. The molecule has 0 aromatic heterocycles. The molecule has 1 amide bonds. The van der Waals surface area contributed by atoms with Crippen LogP contribution in [-0.2, 0) is 11.2 Å². The molecule has 0 saturated heterocycles. The number of alkyl halides is 1. The number of nitrogens with one attached hydrogen (secondary N) is 1. The van der Waals surface area contributed by atoms with Gasteiger partial charge in [-0.15, -0.1) is 11.6 Å². The van der Waals surface area contributed by atoms with Crippen molar-refractivity contribution in [2.45, 2.75) is 25.8 Å². The predicted molar refractivity (Wildman–Crippen MR) is 63.1 cm³/mol. The fraction of sp³-hybridized carbons (Fsp3) is 0.417. The van der Waals surface area contributed by atoms with Crippen LogP contribution in [0, 0.1) is 0 Å². The molecular formula is C12H16ClNO. The van der Waals surface area contributed by atoms with Gasteiger partial charge in [0.05, 0.1) is 0 Å². The van der Waals surface area contributed by atoms with Gasteiger partial charge < -0.3 is 5.32 Å². The number of hydrogen-bond donors (Lipinski definition) is 1. The van der Waals surface area contributed by atoms with Gasteiger partial charge in [-0.3, -0.25) is 4.79 Å². The molecule has 0 radical (unpaired) electrons. The maximum absolute atomic E-state index is 10.9. The molecule has 1 aromatic carbocycles. The number of carbonyl (C=O) groups is 1. The van der Waals surface area contributed by atoms with Crippen molar-refractivity contribution in [2.24, 2.45) is 0 Å². The van der Waals surface area contributed by atoms with Crippen molar-refractivity contribution in [2.75, 3.05) is 5.88 Å². The van der Waals surface area contributed by atoms with E-state index in [0.29, 0.717) is 5.88 Å². The van der Waals surface area contributed by atoms with Crippen LogP contribution in [0.15, 0.2) is 30.3 Å². The van der Waals surface area contributed by atoms with Crippen LogP contribution in [0.25, 0.3) is 0 Å². The first kappa shape index (κ1) is 12.1. The summed E-state index contributed by atoms with van der Waals surface area (Å²) in [6.45, 7) is 1.52. The van der Waals surface area contributed by atoms with Gasteiger partial charge in [-0.05, 0) is 18.4 Å². The van der Waals surface area contributed by atoms with E-state index in [1.807, 2.05) is 18.2 Å². The lowest BCUT2D eigenvalue weighted by atomic mass is 10.1. The molecule has 0 fully saturated rings. The van der Waals surface area contributed by atoms with Gasteiger partial charge in [0.1, 0.15) is 0 Å². The molecule has 0 bridgehead atoms. The first-order valence-electron chi connectivity index (χ1n) is 5.09. The van der Waals surface area contributed by atoms with Crippen LogP contribution in [0.3, 0.4) is 0 Å². The van der Waals surface area contributed by atoms with E-state index in [9.17, 15) is 4.79 Å². The predicted octanol–water partition coefficient (Wildman–Crippen LogP) is 2.36. The minimum absolute atomic E-state index is 0.0197. The van der Waals surface area contributed by atoms with E-state index in [-0.39, 0.29) is 11.9 Å². The Morgan fingerprint density at radius 2 is 2.07 bits per heavy atom. The van der Waals surface area contributed by atoms with Gasteiger partial charge in [-0.25, -0.2) is 0 Å². The van der Waals surface area contributed by atoms with E-state index < -0.39 is 0 Å². The summed E-state index contributed by atoms with van der Waals surface area (Å²) in [5, 5.41) is 2.83. The molecule has 15 heavy (non-hydrogen) atoms. The molecule has 1 aromatic rings. The summed E-state index contributed by atoms with van der Waals surface area (Å²) in [7, 11) is 0. The Morgan fingerprint density at radius 1 is 1.40 bits per heavy atom. The number of benzene rings is 1. The number of hydrogen-bond acceptors (Lipinski definition) is 1. The smallest absolute Gasteiger partial charge is 0.217 e. The first-order chi connectivity index (χ1) is 7.22. The Kier molecular flexibility index (Phi) is 5.19. The Balaban J connectivity index is 2.37. The molecule has 0 aliphatic rings. The normalized spacial score (nSPS) is 12.1. The van der Waals surface area contributed by atoms with E-state index in [0.717, 1.165) is 12.8 Å². The van der Waals surface area contributed by atoms with Gasteiger partial charge >= 0.3 is 0 Å². The summed E-state index contributed by atoms with van der Waals surface area (Å²) in [5.74, 6) is 0.445. The molecule has 1 rings (SSSR count). The van der Waals surface area contributed by atoms with E-state index in [1.165, 1.54) is 12.5 Å². The molecule has 1 N–H and O–H groups in total. The monoisotopic (exact) mass is 225 g/mol. The van der Waals surface area contributed by atoms with Crippen LogP contribution in [0.4, 0.5) is 0 Å². The second kappa shape index (κ2) is 6.46. The highest BCUT2D eigenvalue weighted by Crippen LogP contribution is 2.06. The van der Waals surface area contributed by atoms with Crippen molar-refractivity contribution >= 4 is 17.5 Å². The highest BCUT2D eigenvalue weighted by atomic mass is 35.5. The third-order valence-corrected chi connectivity index (χ3v) is 2.59. The van der Waals surface area contributed by atoms with Crippen molar-refractivity contribution in [1.29, 1.82) is 0 Å². The first-order valence-corrected chi connectivity index (χ1v) is 5.63. The highest BCUT2D eigenvalue weighted by molar-refractivity contribution is 6.18. The van der Waals surface area contributed by atoms with E-state index in [4.69, 9.17) is 11.6 Å². The van der Waals surface area contributed by atoms with Gasteiger partial charge in [0.15, 0.2) is 0 Å². The Labute approximate surface area is 95.6 Å². The zero-order valence-electron chi connectivity index (χ0n) is 8.87. The van der Waals surface area contributed by atoms with Crippen molar-refractivity contribution < 1.29 is 4.79 Å². The minimum atomic E-state index is -0.0197. The summed E-state index contributed by atoms with van der Waals surface area (Å²) in [6.07, 6.45) is 1.82. The third kappa shape index (κ3) is 4.84. The molecule has 3 heteroatoms. The average Bonchev–Trinajstić information content (AvgIpc) is 2.25. The van der Waals surface area contributed by atoms with Crippen LogP contribution >= 0.6 is 11.6 Å². The number of aryl methyl sites for hydroxylation is 1. The Hall–Kier alpha value is -1.02. The number of carbonyl (C=O) groups excluding carboxylic acids is 1. The molecule has 0 spiro atoms. The van der Waals surface area contributed by atoms with Gasteiger partial charge in [0.2, 0.25) is 5.91 Å². The van der Waals surface area contributed by atoms with Gasteiger partial charge in [-0.1, -0.05) is 30.3 Å². The lowest BCUT2D eigenvalue weighted by Gasteiger charge is -2.14. The molecule has 82 valence electrons. The zero-order valence-corrected chi connectivity index (χ0v) is 9.63. The van der Waals surface area contributed by atoms with Crippen molar-refractivity contribution in [3.63, 3.8) is 0 Å². The van der Waals surface area contributed by atoms with Gasteiger partial charge in [-0.2, -0.15) is 0 Å². The second-order valence-electron chi connectivity index (χ2n) is 3.58. The third-order valence-electron chi connectivity index (χ3n) is 2.22. The van der Waals surface area contributed by atoms with Crippen molar-refractivity contribution in [3.05, 3.63) is 35.9 Å². The number of halogens is 1. The van der Waals surface area contributed by atoms with Crippen LogP contribution in [0.2, 0.25) is 0 Å². The highest BCUT2D eigenvalue weighted by Gasteiger charge is 2.07. The summed E-state index contributed by atoms with van der Waals surface area (Å²) in [4.78, 5) is 10.9. The number of rotatable bonds is 5. The molecule has 0 aliphatic carbocycles. The summed E-state index contributed by atoms with van der Waals surface area (Å²) >= 11 is 5.76. The molecule has 1 unspecified atom stereocenters. The maximum Gasteiger partial charge on any atom is 0.217 e. The quantitative estimate of drug-likeness (QED) is 0.766. The van der Waals surface area contributed by atoms with Crippen LogP contribution in [0.5, 0.6) is 0 Å². The maximum atomic E-state index is 10.9. The van der Waals surface area contributed by atoms with Crippen molar-refractivity contribution in [3.8, 4) is 0 Å². The minimum Gasteiger partial charge on any atom is -0.352 e. The van der Waals surface area contributed by atoms with E-state index >= 15 is 0 Å². The summed E-state index contributed by atoms with van der Waals surface area (Å²) < 4.78 is 0. The average molecular weight is 226 g/mol. The standard InChI is InChI=1S/C12H16ClNO/c1-10(15)14-12(9-13)8-7-11-5-3-2-4-6-11/h2-6,12H,7-9H2,1H3,(H,14,15). The summed E-state index contributed by atoms with van der Waals surface area (Å²) in [6, 6.07) is 10.3. The Bertz CT molecular complexity index is 300. The van der Waals surface area contributed by atoms with Gasteiger partial charge in [0, 0.05) is 18.8 Å². The summed E-state index contributed by atoms with van der Waals surface area (Å²) in [5.41, 5.74) is 1.28. The zero-order chi connectivity index (χ0) is 11.1. The van der Waals surface area contributed by atoms with Crippen LogP contribution < -0.4 is 5.32 Å². The van der Waals surface area contributed by atoms with E-state index in [2.05, 4.69) is 17.4 Å². The molecular weight excluding hydrogens is 210 g/mol. The van der Waals surface area contributed by atoms with Crippen LogP contribution in [0.1, 0.15) is 18.9 Å². The topological polar surface area (TPSA) is 29.1 Å². The lowest BCUT2D eigenvalue weighted by Crippen LogP contribution is -2.34.